The maximum atomic E-state index is 12.8. The van der Waals surface area contributed by atoms with E-state index in [1.54, 1.807) is 33.5 Å². The van der Waals surface area contributed by atoms with Gasteiger partial charge in [0.2, 0.25) is 0 Å². The molecule has 0 fully saturated rings. The van der Waals surface area contributed by atoms with Crippen LogP contribution in [0.15, 0.2) is 103 Å². The van der Waals surface area contributed by atoms with Crippen LogP contribution in [0.2, 0.25) is 0 Å². The largest absolute Gasteiger partial charge is 0.465 e. The van der Waals surface area contributed by atoms with Gasteiger partial charge < -0.3 is 35.2 Å². The number of urea groups is 2. The van der Waals surface area contributed by atoms with Crippen LogP contribution in [0.3, 0.4) is 0 Å². The summed E-state index contributed by atoms with van der Waals surface area (Å²) in [6, 6.07) is 31.4. The molecule has 5 N–H and O–H groups in total. The van der Waals surface area contributed by atoms with Gasteiger partial charge in [0.1, 0.15) is 0 Å². The van der Waals surface area contributed by atoms with E-state index in [1.807, 2.05) is 120 Å². The molecule has 3 heterocycles. The number of methoxy groups -OCH3 is 2. The Hall–Kier alpha value is -7.03. The van der Waals surface area contributed by atoms with Gasteiger partial charge in [-0.15, -0.1) is 0 Å². The maximum absolute atomic E-state index is 12.8. The van der Waals surface area contributed by atoms with Gasteiger partial charge in [-0.2, -0.15) is 0 Å². The monoisotopic (exact) mass is 882 g/mol. The van der Waals surface area contributed by atoms with Gasteiger partial charge in [0.25, 0.3) is 5.91 Å². The summed E-state index contributed by atoms with van der Waals surface area (Å²) in [7, 11) is 2.78. The number of esters is 2. The Morgan fingerprint density at radius 2 is 0.938 bits per heavy atom. The van der Waals surface area contributed by atoms with Crippen molar-refractivity contribution in [2.45, 2.75) is 91.6 Å². The van der Waals surface area contributed by atoms with Gasteiger partial charge in [-0.3, -0.25) is 10.0 Å². The van der Waals surface area contributed by atoms with Crippen LogP contribution in [-0.4, -0.2) is 59.1 Å². The molecule has 14 heteroatoms. The van der Waals surface area contributed by atoms with Gasteiger partial charge in [-0.25, -0.2) is 24.7 Å². The van der Waals surface area contributed by atoms with Gasteiger partial charge in [0.15, 0.2) is 0 Å². The number of carbonyl (C=O) groups is 5. The Morgan fingerprint density at radius 3 is 1.35 bits per heavy atom. The normalized spacial score (nSPS) is 15.4. The summed E-state index contributed by atoms with van der Waals surface area (Å²) >= 11 is 0. The highest BCUT2D eigenvalue weighted by Gasteiger charge is 2.43. The van der Waals surface area contributed by atoms with Crippen molar-refractivity contribution in [1.82, 2.24) is 20.6 Å². The second kappa shape index (κ2) is 19.0. The number of benzene rings is 5. The third-order valence-corrected chi connectivity index (χ3v) is 12.5. The first kappa shape index (κ1) is 47.4. The first-order valence-electron chi connectivity index (χ1n) is 21.3. The highest BCUT2D eigenvalue weighted by Crippen LogP contribution is 2.42. The molecule has 0 aromatic heterocycles. The van der Waals surface area contributed by atoms with E-state index in [-0.39, 0.29) is 29.5 Å². The highest BCUT2D eigenvalue weighted by atomic mass is 16.5. The quantitative estimate of drug-likeness (QED) is 0.0654. The molecule has 0 spiro atoms. The Bertz CT molecular complexity index is 2480. The number of ether oxygens (including phenoxy) is 2. The second-order valence-corrected chi connectivity index (χ2v) is 17.8. The van der Waals surface area contributed by atoms with Crippen LogP contribution in [0, 0.1) is 13.8 Å². The first-order chi connectivity index (χ1) is 30.7. The molecule has 3 aliphatic heterocycles. The van der Waals surface area contributed by atoms with Crippen molar-refractivity contribution in [3.63, 3.8) is 0 Å². The van der Waals surface area contributed by atoms with Crippen LogP contribution in [0.4, 0.5) is 21.0 Å². The second-order valence-electron chi connectivity index (χ2n) is 17.8. The fourth-order valence-corrected chi connectivity index (χ4v) is 8.61. The summed E-state index contributed by atoms with van der Waals surface area (Å²) in [5.41, 5.74) is 11.5. The molecule has 65 heavy (non-hydrogen) atoms. The van der Waals surface area contributed by atoms with Crippen molar-refractivity contribution in [3.05, 3.63) is 164 Å². The number of rotatable bonds is 5. The van der Waals surface area contributed by atoms with Crippen LogP contribution >= 0.6 is 0 Å². The summed E-state index contributed by atoms with van der Waals surface area (Å²) in [4.78, 5) is 64.5. The fraction of sp³-hybridized carbons (Fsp3) is 0.314. The van der Waals surface area contributed by atoms with Crippen molar-refractivity contribution in [2.75, 3.05) is 24.9 Å². The number of hydrogen-bond acceptors (Lipinski definition) is 9. The van der Waals surface area contributed by atoms with E-state index in [4.69, 9.17) is 14.7 Å². The molecule has 5 aromatic carbocycles. The zero-order valence-corrected chi connectivity index (χ0v) is 38.6. The van der Waals surface area contributed by atoms with E-state index >= 15 is 0 Å². The average Bonchev–Trinajstić information content (AvgIpc) is 3.88. The fourth-order valence-electron chi connectivity index (χ4n) is 8.61. The molecule has 14 nitrogen and oxygen atoms in total. The number of hydroxylamine groups is 1. The Labute approximate surface area is 380 Å². The van der Waals surface area contributed by atoms with E-state index in [2.05, 4.69) is 35.9 Å². The molecule has 0 unspecified atom stereocenters. The van der Waals surface area contributed by atoms with Gasteiger partial charge >= 0.3 is 24.0 Å². The minimum atomic E-state index is -0.576. The Morgan fingerprint density at radius 1 is 0.554 bits per heavy atom. The summed E-state index contributed by atoms with van der Waals surface area (Å²) in [6.07, 6.45) is 0. The van der Waals surface area contributed by atoms with Gasteiger partial charge in [0, 0.05) is 42.1 Å². The van der Waals surface area contributed by atoms with Crippen LogP contribution in [0.25, 0.3) is 0 Å². The zero-order valence-electron chi connectivity index (χ0n) is 38.6. The highest BCUT2D eigenvalue weighted by molar-refractivity contribution is 5.97. The lowest BCUT2D eigenvalue weighted by Crippen LogP contribution is -2.42. The molecule has 0 saturated heterocycles. The molecule has 0 saturated carbocycles. The lowest BCUT2D eigenvalue weighted by atomic mass is 9.91. The lowest BCUT2D eigenvalue weighted by molar-refractivity contribution is 0.0590. The van der Waals surface area contributed by atoms with E-state index in [9.17, 15) is 24.0 Å². The van der Waals surface area contributed by atoms with Gasteiger partial charge in [-0.1, -0.05) is 71.8 Å². The lowest BCUT2D eigenvalue weighted by Gasteiger charge is -2.32. The minimum absolute atomic E-state index is 0.0562. The van der Waals surface area contributed by atoms with E-state index in [0.717, 1.165) is 56.9 Å². The number of amides is 5. The SMILES string of the molecule is COC(=O)c1cccc2c1CN(C(=O)Nc1ccc(C)cc1)C2(C)C.COC(=O)c1cccc2c1CNC2(C)C.Cc1ccc(NC(=O)N2Cc3c(C(=O)NO)cccc3C2(C)C)cc1. The Kier molecular flexibility index (Phi) is 13.9. The number of nitrogens with zero attached hydrogens (tertiary/aromatic N) is 2. The average molecular weight is 883 g/mol. The molecule has 0 radical (unpaired) electrons. The minimum Gasteiger partial charge on any atom is -0.465 e. The number of fused-ring (bicyclic) bond motifs is 3. The summed E-state index contributed by atoms with van der Waals surface area (Å²) in [6.45, 7) is 17.4. The third-order valence-electron chi connectivity index (χ3n) is 12.5. The summed E-state index contributed by atoms with van der Waals surface area (Å²) in [5, 5.41) is 18.2. The topological polar surface area (TPSA) is 179 Å². The standard InChI is InChI=1S/C20H22N2O3.C19H21N3O3.C12H15NO2/c1-13-8-10-14(11-9-13)21-19(24)22-12-16-15(18(23)25-4)6-5-7-17(16)20(22,2)3;1-12-7-9-13(10-8-12)20-18(24)22-11-15-14(17(23)21-25)5-4-6-16(15)19(22,2)3;1-12(2)10-6-4-5-8(11(14)15-3)9(10)7-13-12/h5-11H,12H2,1-4H3,(H,21,24);4-10,25H,11H2,1-3H3,(H,20,24)(H,21,23);4-6,13H,7H2,1-3H3. The van der Waals surface area contributed by atoms with E-state index < -0.39 is 17.0 Å². The molecule has 0 atom stereocenters. The molecule has 8 rings (SSSR count). The molecule has 3 aliphatic rings. The van der Waals surface area contributed by atoms with Crippen molar-refractivity contribution in [3.8, 4) is 0 Å². The Balaban J connectivity index is 0.000000167. The van der Waals surface area contributed by atoms with E-state index in [1.165, 1.54) is 19.8 Å². The van der Waals surface area contributed by atoms with Gasteiger partial charge in [-0.05, 0) is 131 Å². The third kappa shape index (κ3) is 9.74. The molecule has 5 aromatic rings. The molecule has 0 bridgehead atoms. The van der Waals surface area contributed by atoms with Crippen LogP contribution < -0.4 is 21.4 Å². The molecule has 340 valence electrons. The first-order valence-corrected chi connectivity index (χ1v) is 21.3. The predicted molar refractivity (Wildman–Crippen MR) is 249 cm³/mol. The maximum Gasteiger partial charge on any atom is 0.338 e. The van der Waals surface area contributed by atoms with Gasteiger partial charge in [0.05, 0.1) is 36.4 Å². The number of aryl methyl sites for hydroxylation is 2. The smallest absolute Gasteiger partial charge is 0.338 e. The summed E-state index contributed by atoms with van der Waals surface area (Å²) < 4.78 is 9.64. The molecule has 0 aliphatic carbocycles. The van der Waals surface area contributed by atoms with Crippen molar-refractivity contribution in [2.24, 2.45) is 0 Å². The molecular formula is C51H58N6O8. The molecular weight excluding hydrogens is 825 g/mol. The van der Waals surface area contributed by atoms with Crippen LogP contribution in [0.1, 0.15) is 117 Å². The zero-order chi connectivity index (χ0) is 47.4. The predicted octanol–water partition coefficient (Wildman–Crippen LogP) is 9.27. The van der Waals surface area contributed by atoms with Crippen molar-refractivity contribution in [1.29, 1.82) is 0 Å². The number of nitrogens with one attached hydrogen (secondary N) is 4. The van der Waals surface area contributed by atoms with E-state index in [0.29, 0.717) is 29.8 Å². The number of anilines is 2. The number of carbonyl (C=O) groups excluding carboxylic acids is 5. The van der Waals surface area contributed by atoms with Crippen molar-refractivity contribution < 1.29 is 38.7 Å². The summed E-state index contributed by atoms with van der Waals surface area (Å²) in [5.74, 6) is -1.21. The van der Waals surface area contributed by atoms with Crippen LogP contribution in [-0.2, 0) is 45.7 Å². The van der Waals surface area contributed by atoms with Crippen LogP contribution in [0.5, 0.6) is 0 Å². The number of hydrogen-bond donors (Lipinski definition) is 5. The molecule has 5 amide bonds. The van der Waals surface area contributed by atoms with Crippen molar-refractivity contribution >= 4 is 41.3 Å².